The quantitative estimate of drug-likeness (QED) is 0.425. The first-order valence-corrected chi connectivity index (χ1v) is 11.7. The summed E-state index contributed by atoms with van der Waals surface area (Å²) in [4.78, 5) is 33.4. The van der Waals surface area contributed by atoms with Crippen LogP contribution in [0.5, 0.6) is 0 Å². The average molecular weight is 436 g/mol. The maximum absolute atomic E-state index is 13.7. The van der Waals surface area contributed by atoms with E-state index >= 15 is 0 Å². The number of benzene rings is 3. The maximum Gasteiger partial charge on any atom is 0.261 e. The van der Waals surface area contributed by atoms with Crippen molar-refractivity contribution in [2.75, 3.05) is 0 Å². The van der Waals surface area contributed by atoms with Crippen molar-refractivity contribution in [1.82, 2.24) is 14.5 Å². The Bertz CT molecular complexity index is 1410. The minimum absolute atomic E-state index is 0.00789. The van der Waals surface area contributed by atoms with Gasteiger partial charge in [0.1, 0.15) is 5.82 Å². The molecule has 0 saturated carbocycles. The zero-order valence-corrected chi connectivity index (χ0v) is 18.5. The van der Waals surface area contributed by atoms with Crippen molar-refractivity contribution >= 4 is 16.8 Å². The Morgan fingerprint density at radius 1 is 0.818 bits per heavy atom. The summed E-state index contributed by atoms with van der Waals surface area (Å²) < 4.78 is 1.82. The van der Waals surface area contributed by atoms with E-state index in [4.69, 9.17) is 4.98 Å². The fraction of sp³-hybridized carbons (Fsp3) is 0.250. The van der Waals surface area contributed by atoms with Crippen LogP contribution in [0.4, 0.5) is 0 Å². The zero-order chi connectivity index (χ0) is 22.4. The van der Waals surface area contributed by atoms with E-state index in [1.54, 1.807) is 18.2 Å². The Morgan fingerprint density at radius 2 is 1.52 bits per heavy atom. The van der Waals surface area contributed by atoms with Crippen LogP contribution in [0, 0.1) is 0 Å². The Morgan fingerprint density at radius 3 is 2.24 bits per heavy atom. The smallest absolute Gasteiger partial charge is 0.261 e. The first kappa shape index (κ1) is 19.9. The number of aryl methyl sites for hydroxylation is 1. The monoisotopic (exact) mass is 435 g/mol. The number of fused-ring (bicyclic) bond motifs is 5. The Balaban J connectivity index is 1.41. The van der Waals surface area contributed by atoms with Crippen LogP contribution in [-0.4, -0.2) is 20.4 Å². The highest BCUT2D eigenvalue weighted by molar-refractivity contribution is 5.98. The van der Waals surface area contributed by atoms with Gasteiger partial charge < -0.3 is 4.90 Å². The Hall–Kier alpha value is -3.73. The van der Waals surface area contributed by atoms with E-state index in [2.05, 4.69) is 24.3 Å². The number of hydrogen-bond donors (Lipinski definition) is 0. The lowest BCUT2D eigenvalue weighted by atomic mass is 9.97. The van der Waals surface area contributed by atoms with Crippen LogP contribution >= 0.6 is 0 Å². The summed E-state index contributed by atoms with van der Waals surface area (Å²) in [5.41, 5.74) is 5.84. The number of nitrogens with zero attached hydrogens (tertiary/aromatic N) is 3. The van der Waals surface area contributed by atoms with Gasteiger partial charge in [0.15, 0.2) is 0 Å². The highest BCUT2D eigenvalue weighted by Gasteiger charge is 2.24. The predicted molar refractivity (Wildman–Crippen MR) is 129 cm³/mol. The standard InChI is InChI=1S/C28H25N3O2/c32-27(30-17-20-8-3-5-10-22(20)23-11-6-4-9-21(23)18-30)19-13-14-24-25(16-19)29-26-12-2-1-7-15-31(26)28(24)33/h3-6,8-11,13-14,16H,1-2,7,12,15,17-18H2. The molecule has 0 radical (unpaired) electrons. The molecular weight excluding hydrogens is 410 g/mol. The summed E-state index contributed by atoms with van der Waals surface area (Å²) in [5.74, 6) is 0.799. The molecule has 0 N–H and O–H groups in total. The maximum atomic E-state index is 13.7. The molecule has 5 nitrogen and oxygen atoms in total. The van der Waals surface area contributed by atoms with Crippen LogP contribution in [0.25, 0.3) is 22.0 Å². The van der Waals surface area contributed by atoms with E-state index in [9.17, 15) is 9.59 Å². The molecule has 0 atom stereocenters. The van der Waals surface area contributed by atoms with Gasteiger partial charge in [0.05, 0.1) is 10.9 Å². The molecule has 2 aliphatic rings. The van der Waals surface area contributed by atoms with E-state index in [0.717, 1.165) is 49.2 Å². The molecule has 33 heavy (non-hydrogen) atoms. The molecule has 0 aliphatic carbocycles. The van der Waals surface area contributed by atoms with Crippen LogP contribution in [0.1, 0.15) is 46.6 Å². The van der Waals surface area contributed by atoms with E-state index in [-0.39, 0.29) is 11.5 Å². The minimum Gasteiger partial charge on any atom is -0.330 e. The molecule has 5 heteroatoms. The highest BCUT2D eigenvalue weighted by Crippen LogP contribution is 2.33. The van der Waals surface area contributed by atoms with Crippen molar-refractivity contribution in [3.63, 3.8) is 0 Å². The van der Waals surface area contributed by atoms with E-state index < -0.39 is 0 Å². The topological polar surface area (TPSA) is 55.2 Å². The van der Waals surface area contributed by atoms with Crippen LogP contribution in [0.15, 0.2) is 71.5 Å². The van der Waals surface area contributed by atoms with Crippen LogP contribution in [-0.2, 0) is 26.1 Å². The summed E-state index contributed by atoms with van der Waals surface area (Å²) in [5, 5.41) is 0.587. The SMILES string of the molecule is O=C(c1ccc2c(=O)n3c(nc2c1)CCCCC3)N1Cc2ccccc2-c2ccccc2C1. The molecule has 1 amide bonds. The largest absolute Gasteiger partial charge is 0.330 e. The second kappa shape index (κ2) is 8.00. The van der Waals surface area contributed by atoms with Crippen molar-refractivity contribution in [1.29, 1.82) is 0 Å². The third kappa shape index (κ3) is 3.44. The van der Waals surface area contributed by atoms with Crippen LogP contribution in [0.2, 0.25) is 0 Å². The molecule has 164 valence electrons. The van der Waals surface area contributed by atoms with Gasteiger partial charge >= 0.3 is 0 Å². The lowest BCUT2D eigenvalue weighted by molar-refractivity contribution is 0.0732. The molecule has 0 saturated heterocycles. The van der Waals surface area contributed by atoms with Crippen molar-refractivity contribution in [3.05, 3.63) is 99.6 Å². The minimum atomic E-state index is -0.0414. The number of hydrogen-bond acceptors (Lipinski definition) is 3. The summed E-state index contributed by atoms with van der Waals surface area (Å²) in [6.07, 6.45) is 3.97. The summed E-state index contributed by atoms with van der Waals surface area (Å²) in [6.45, 7) is 1.81. The Labute approximate surface area is 192 Å². The molecule has 0 bridgehead atoms. The van der Waals surface area contributed by atoms with Gasteiger partial charge in [-0.15, -0.1) is 0 Å². The fourth-order valence-corrected chi connectivity index (χ4v) is 5.19. The van der Waals surface area contributed by atoms with Crippen molar-refractivity contribution in [3.8, 4) is 11.1 Å². The first-order valence-electron chi connectivity index (χ1n) is 11.7. The summed E-state index contributed by atoms with van der Waals surface area (Å²) in [6, 6.07) is 21.9. The molecular formula is C28H25N3O2. The van der Waals surface area contributed by atoms with Gasteiger partial charge in [-0.2, -0.15) is 0 Å². The summed E-state index contributed by atoms with van der Waals surface area (Å²) in [7, 11) is 0. The fourth-order valence-electron chi connectivity index (χ4n) is 5.19. The molecule has 2 aliphatic heterocycles. The predicted octanol–water partition coefficient (Wildman–Crippen LogP) is 4.95. The van der Waals surface area contributed by atoms with Crippen LogP contribution < -0.4 is 5.56 Å². The zero-order valence-electron chi connectivity index (χ0n) is 18.5. The van der Waals surface area contributed by atoms with Gasteiger partial charge in [0.2, 0.25) is 0 Å². The lowest BCUT2D eigenvalue weighted by Gasteiger charge is -2.22. The number of carbonyl (C=O) groups excluding carboxylic acids is 1. The highest BCUT2D eigenvalue weighted by atomic mass is 16.2. The first-order chi connectivity index (χ1) is 16.2. The summed E-state index contributed by atoms with van der Waals surface area (Å²) >= 11 is 0. The molecule has 6 rings (SSSR count). The Kier molecular flexibility index (Phi) is 4.83. The number of amides is 1. The molecule has 0 unspecified atom stereocenters. The lowest BCUT2D eigenvalue weighted by Crippen LogP contribution is -2.29. The molecule has 3 aromatic carbocycles. The third-order valence-corrected chi connectivity index (χ3v) is 6.90. The second-order valence-electron chi connectivity index (χ2n) is 9.00. The number of rotatable bonds is 1. The van der Waals surface area contributed by atoms with Crippen molar-refractivity contribution < 1.29 is 4.79 Å². The second-order valence-corrected chi connectivity index (χ2v) is 9.00. The van der Waals surface area contributed by atoms with Gasteiger partial charge in [0.25, 0.3) is 11.5 Å². The van der Waals surface area contributed by atoms with Crippen molar-refractivity contribution in [2.45, 2.75) is 45.3 Å². The van der Waals surface area contributed by atoms with E-state index in [1.165, 1.54) is 11.1 Å². The molecule has 0 spiro atoms. The van der Waals surface area contributed by atoms with Gasteiger partial charge in [-0.05, 0) is 53.3 Å². The average Bonchev–Trinajstić information content (AvgIpc) is 3.18. The normalized spacial score (nSPS) is 15.2. The van der Waals surface area contributed by atoms with Crippen molar-refractivity contribution in [2.24, 2.45) is 0 Å². The van der Waals surface area contributed by atoms with Gasteiger partial charge in [-0.1, -0.05) is 55.0 Å². The van der Waals surface area contributed by atoms with E-state index in [1.807, 2.05) is 33.7 Å². The van der Waals surface area contributed by atoms with Gasteiger partial charge in [-0.3, -0.25) is 14.2 Å². The molecule has 4 aromatic rings. The van der Waals surface area contributed by atoms with Gasteiger partial charge in [-0.25, -0.2) is 4.98 Å². The number of carbonyl (C=O) groups is 1. The van der Waals surface area contributed by atoms with Crippen LogP contribution in [0.3, 0.4) is 0 Å². The molecule has 0 fully saturated rings. The molecule has 3 heterocycles. The number of aromatic nitrogens is 2. The van der Waals surface area contributed by atoms with E-state index in [0.29, 0.717) is 29.6 Å². The molecule has 1 aromatic heterocycles. The van der Waals surface area contributed by atoms with Gasteiger partial charge in [0, 0.05) is 31.6 Å². The third-order valence-electron chi connectivity index (χ3n) is 6.90.